The molecule has 0 unspecified atom stereocenters. The van der Waals surface area contributed by atoms with E-state index in [2.05, 4.69) is 23.8 Å². The molecule has 0 rings (SSSR count). The van der Waals surface area contributed by atoms with Gasteiger partial charge in [-0.05, 0) is 12.8 Å². The van der Waals surface area contributed by atoms with Crippen molar-refractivity contribution in [1.29, 1.82) is 0 Å². The minimum absolute atomic E-state index is 0.536. The van der Waals surface area contributed by atoms with Crippen LogP contribution < -0.4 is 11.1 Å². The Labute approximate surface area is 68.4 Å². The fourth-order valence-electron chi connectivity index (χ4n) is 0.590. The first-order valence-corrected chi connectivity index (χ1v) is 3.96. The Balaban J connectivity index is 3.34. The molecule has 3 heteroatoms. The Hall–Kier alpha value is -0.990. The van der Waals surface area contributed by atoms with Gasteiger partial charge in [-0.3, -0.25) is 4.99 Å². The summed E-state index contributed by atoms with van der Waals surface area (Å²) in [6.45, 7) is 7.29. The van der Waals surface area contributed by atoms with Gasteiger partial charge in [0.15, 0.2) is 5.96 Å². The summed E-state index contributed by atoms with van der Waals surface area (Å²) in [7, 11) is 0. The highest BCUT2D eigenvalue weighted by Gasteiger charge is 1.86. The number of nitrogens with two attached hydrogens (primary N) is 1. The topological polar surface area (TPSA) is 50.4 Å². The van der Waals surface area contributed by atoms with Gasteiger partial charge in [-0.25, -0.2) is 0 Å². The van der Waals surface area contributed by atoms with E-state index in [4.69, 9.17) is 5.73 Å². The van der Waals surface area contributed by atoms with Crippen LogP contribution >= 0.6 is 0 Å². The molecular weight excluding hydrogens is 138 g/mol. The SMILES string of the molecule is C=CCCNC(N)=NCCC. The van der Waals surface area contributed by atoms with Crippen molar-refractivity contribution in [2.75, 3.05) is 13.1 Å². The summed E-state index contributed by atoms with van der Waals surface area (Å²) in [5.41, 5.74) is 5.51. The third kappa shape index (κ3) is 6.90. The van der Waals surface area contributed by atoms with Crippen molar-refractivity contribution in [2.24, 2.45) is 10.7 Å². The normalized spacial score (nSPS) is 11.2. The molecule has 64 valence electrons. The lowest BCUT2D eigenvalue weighted by atomic mass is 10.4. The lowest BCUT2D eigenvalue weighted by molar-refractivity contribution is 0.855. The first-order valence-electron chi connectivity index (χ1n) is 3.96. The zero-order chi connectivity index (χ0) is 8.53. The van der Waals surface area contributed by atoms with Crippen LogP contribution in [0.2, 0.25) is 0 Å². The molecule has 0 aromatic heterocycles. The predicted molar refractivity (Wildman–Crippen MR) is 49.6 cm³/mol. The van der Waals surface area contributed by atoms with E-state index in [-0.39, 0.29) is 0 Å². The highest BCUT2D eigenvalue weighted by molar-refractivity contribution is 5.77. The fraction of sp³-hybridized carbons (Fsp3) is 0.625. The van der Waals surface area contributed by atoms with Crippen molar-refractivity contribution in [3.63, 3.8) is 0 Å². The van der Waals surface area contributed by atoms with Crippen LogP contribution in [-0.2, 0) is 0 Å². The first-order chi connectivity index (χ1) is 5.31. The lowest BCUT2D eigenvalue weighted by Crippen LogP contribution is -2.32. The van der Waals surface area contributed by atoms with Gasteiger partial charge in [-0.2, -0.15) is 0 Å². The summed E-state index contributed by atoms with van der Waals surface area (Å²) in [5, 5.41) is 2.97. The standard InChI is InChI=1S/C8H17N3/c1-3-5-7-11-8(9)10-6-4-2/h3H,1,4-7H2,2H3,(H3,9,10,11). The molecule has 0 aliphatic carbocycles. The summed E-state index contributed by atoms with van der Waals surface area (Å²) in [4.78, 5) is 4.06. The number of aliphatic imine (C=N–C) groups is 1. The third-order valence-corrected chi connectivity index (χ3v) is 1.16. The molecule has 0 aliphatic heterocycles. The van der Waals surface area contributed by atoms with Gasteiger partial charge in [0.05, 0.1) is 0 Å². The van der Waals surface area contributed by atoms with Gasteiger partial charge in [-0.15, -0.1) is 6.58 Å². The molecular formula is C8H17N3. The van der Waals surface area contributed by atoms with E-state index in [1.165, 1.54) is 0 Å². The minimum Gasteiger partial charge on any atom is -0.370 e. The van der Waals surface area contributed by atoms with Gasteiger partial charge in [0.25, 0.3) is 0 Å². The zero-order valence-corrected chi connectivity index (χ0v) is 7.14. The zero-order valence-electron chi connectivity index (χ0n) is 7.14. The maximum atomic E-state index is 5.51. The average molecular weight is 155 g/mol. The summed E-state index contributed by atoms with van der Waals surface area (Å²) in [6.07, 6.45) is 3.80. The number of rotatable bonds is 5. The highest BCUT2D eigenvalue weighted by Crippen LogP contribution is 1.78. The van der Waals surface area contributed by atoms with Crippen LogP contribution in [0.5, 0.6) is 0 Å². The number of guanidine groups is 1. The van der Waals surface area contributed by atoms with Crippen molar-refractivity contribution in [2.45, 2.75) is 19.8 Å². The molecule has 0 fully saturated rings. The molecule has 0 aliphatic rings. The number of hydrogen-bond acceptors (Lipinski definition) is 1. The van der Waals surface area contributed by atoms with E-state index >= 15 is 0 Å². The first kappa shape index (κ1) is 10.0. The highest BCUT2D eigenvalue weighted by atomic mass is 15.1. The molecule has 0 saturated carbocycles. The number of hydrogen-bond donors (Lipinski definition) is 2. The molecule has 0 saturated heterocycles. The van der Waals surface area contributed by atoms with E-state index in [0.717, 1.165) is 25.9 Å². The Morgan fingerprint density at radius 1 is 1.73 bits per heavy atom. The van der Waals surface area contributed by atoms with Gasteiger partial charge in [0, 0.05) is 13.1 Å². The molecule has 0 radical (unpaired) electrons. The minimum atomic E-state index is 0.536. The Morgan fingerprint density at radius 3 is 3.00 bits per heavy atom. The van der Waals surface area contributed by atoms with Gasteiger partial charge >= 0.3 is 0 Å². The third-order valence-electron chi connectivity index (χ3n) is 1.16. The monoisotopic (exact) mass is 155 g/mol. The van der Waals surface area contributed by atoms with Crippen LogP contribution in [0.1, 0.15) is 19.8 Å². The molecule has 0 atom stereocenters. The van der Waals surface area contributed by atoms with Crippen molar-refractivity contribution >= 4 is 5.96 Å². The van der Waals surface area contributed by atoms with Crippen LogP contribution in [-0.4, -0.2) is 19.0 Å². The Kier molecular flexibility index (Phi) is 6.48. The van der Waals surface area contributed by atoms with E-state index < -0.39 is 0 Å². The second kappa shape index (κ2) is 7.12. The van der Waals surface area contributed by atoms with Crippen LogP contribution in [0.3, 0.4) is 0 Å². The molecule has 11 heavy (non-hydrogen) atoms. The second-order valence-corrected chi connectivity index (χ2v) is 2.27. The lowest BCUT2D eigenvalue weighted by Gasteiger charge is -2.01. The van der Waals surface area contributed by atoms with Crippen molar-refractivity contribution in [3.05, 3.63) is 12.7 Å². The van der Waals surface area contributed by atoms with Crippen molar-refractivity contribution < 1.29 is 0 Å². The molecule has 0 heterocycles. The molecule has 3 nitrogen and oxygen atoms in total. The predicted octanol–water partition coefficient (Wildman–Crippen LogP) is 0.877. The average Bonchev–Trinajstić information content (AvgIpc) is 2.01. The van der Waals surface area contributed by atoms with Gasteiger partial charge in [0.2, 0.25) is 0 Å². The van der Waals surface area contributed by atoms with E-state index in [1.54, 1.807) is 0 Å². The number of nitrogens with zero attached hydrogens (tertiary/aromatic N) is 1. The van der Waals surface area contributed by atoms with E-state index in [0.29, 0.717) is 5.96 Å². The summed E-state index contributed by atoms with van der Waals surface area (Å²) < 4.78 is 0. The van der Waals surface area contributed by atoms with Gasteiger partial charge in [0.1, 0.15) is 0 Å². The van der Waals surface area contributed by atoms with Crippen LogP contribution in [0, 0.1) is 0 Å². The molecule has 3 N–H and O–H groups in total. The number of nitrogens with one attached hydrogen (secondary N) is 1. The van der Waals surface area contributed by atoms with Crippen LogP contribution in [0.15, 0.2) is 17.6 Å². The van der Waals surface area contributed by atoms with Gasteiger partial charge in [-0.1, -0.05) is 13.0 Å². The molecule has 0 aromatic rings. The molecule has 0 aromatic carbocycles. The van der Waals surface area contributed by atoms with Crippen LogP contribution in [0.25, 0.3) is 0 Å². The van der Waals surface area contributed by atoms with E-state index in [9.17, 15) is 0 Å². The molecule has 0 amide bonds. The summed E-state index contributed by atoms with van der Waals surface area (Å²) >= 11 is 0. The Bertz CT molecular complexity index is 129. The second-order valence-electron chi connectivity index (χ2n) is 2.27. The maximum absolute atomic E-state index is 5.51. The van der Waals surface area contributed by atoms with Crippen LogP contribution in [0.4, 0.5) is 0 Å². The molecule has 0 spiro atoms. The van der Waals surface area contributed by atoms with Crippen molar-refractivity contribution in [3.8, 4) is 0 Å². The summed E-state index contributed by atoms with van der Waals surface area (Å²) in [5.74, 6) is 0.536. The quantitative estimate of drug-likeness (QED) is 0.268. The smallest absolute Gasteiger partial charge is 0.188 e. The Morgan fingerprint density at radius 2 is 2.45 bits per heavy atom. The van der Waals surface area contributed by atoms with Crippen molar-refractivity contribution in [1.82, 2.24) is 5.32 Å². The molecule has 0 bridgehead atoms. The maximum Gasteiger partial charge on any atom is 0.188 e. The van der Waals surface area contributed by atoms with Gasteiger partial charge < -0.3 is 11.1 Å². The van der Waals surface area contributed by atoms with E-state index in [1.807, 2.05) is 6.08 Å². The summed E-state index contributed by atoms with van der Waals surface area (Å²) in [6, 6.07) is 0. The largest absolute Gasteiger partial charge is 0.370 e. The fourth-order valence-corrected chi connectivity index (χ4v) is 0.590.